The smallest absolute Gasteiger partial charge is 0.375 e. The quantitative estimate of drug-likeness (QED) is 0.482. The Kier molecular flexibility index (Phi) is 6.64. The van der Waals surface area contributed by atoms with Crippen LogP contribution >= 0.6 is 0 Å². The van der Waals surface area contributed by atoms with Gasteiger partial charge in [0, 0.05) is 12.4 Å². The summed E-state index contributed by atoms with van der Waals surface area (Å²) in [5, 5.41) is 10.5. The molecule has 1 aromatic heterocycles. The minimum Gasteiger partial charge on any atom is -0.489 e. The molecule has 170 valence electrons. The van der Waals surface area contributed by atoms with Gasteiger partial charge in [-0.2, -0.15) is 5.26 Å². The zero-order valence-electron chi connectivity index (χ0n) is 18.6. The lowest BCUT2D eigenvalue weighted by atomic mass is 9.81. The van der Waals surface area contributed by atoms with Gasteiger partial charge in [-0.25, -0.2) is 4.79 Å². The number of fused-ring (bicyclic) bond motifs is 1. The second-order valence-electron chi connectivity index (χ2n) is 8.24. The first kappa shape index (κ1) is 22.4. The fourth-order valence-corrected chi connectivity index (χ4v) is 4.27. The Morgan fingerprint density at radius 2 is 1.76 bits per heavy atom. The van der Waals surface area contributed by atoms with Crippen molar-refractivity contribution in [2.75, 3.05) is 13.7 Å². The van der Waals surface area contributed by atoms with Crippen LogP contribution in [0.5, 0.6) is 5.75 Å². The number of carbonyl (C=O) groups is 2. The number of benzene rings is 2. The van der Waals surface area contributed by atoms with Gasteiger partial charge in [0.1, 0.15) is 23.5 Å². The van der Waals surface area contributed by atoms with E-state index >= 15 is 0 Å². The van der Waals surface area contributed by atoms with E-state index in [9.17, 15) is 14.9 Å². The highest BCUT2D eigenvalue weighted by Crippen LogP contribution is 2.33. The minimum atomic E-state index is -0.838. The third-order valence-electron chi connectivity index (χ3n) is 6.24. The zero-order chi connectivity index (χ0) is 23.3. The molecular formula is C26H26N2O5. The molecule has 7 heteroatoms. The number of esters is 1. The van der Waals surface area contributed by atoms with E-state index in [2.05, 4.69) is 6.07 Å². The molecule has 0 unspecified atom stereocenters. The van der Waals surface area contributed by atoms with Gasteiger partial charge in [0.05, 0.1) is 11.6 Å². The normalized spacial score (nSPS) is 14.9. The molecule has 1 heterocycles. The number of nitriles is 1. The summed E-state index contributed by atoms with van der Waals surface area (Å²) in [5.41, 5.74) is 0.252. The Labute approximate surface area is 192 Å². The lowest BCUT2D eigenvalue weighted by Gasteiger charge is -2.38. The van der Waals surface area contributed by atoms with E-state index in [1.165, 1.54) is 4.90 Å². The molecule has 4 rings (SSSR count). The lowest BCUT2D eigenvalue weighted by Crippen LogP contribution is -2.51. The maximum atomic E-state index is 12.9. The number of nitrogens with zero attached hydrogens (tertiary/aromatic N) is 2. The molecule has 0 aliphatic heterocycles. The summed E-state index contributed by atoms with van der Waals surface area (Å²) in [6, 6.07) is 18.8. The van der Waals surface area contributed by atoms with Crippen LogP contribution < -0.4 is 4.74 Å². The molecule has 1 saturated carbocycles. The summed E-state index contributed by atoms with van der Waals surface area (Å²) in [6.07, 6.45) is 4.11. The highest BCUT2D eigenvalue weighted by Gasteiger charge is 2.39. The van der Waals surface area contributed by atoms with Crippen LogP contribution in [0.15, 0.2) is 59.0 Å². The van der Waals surface area contributed by atoms with Crippen molar-refractivity contribution >= 4 is 22.8 Å². The van der Waals surface area contributed by atoms with Crippen LogP contribution in [0, 0.1) is 11.3 Å². The van der Waals surface area contributed by atoms with Gasteiger partial charge in [-0.1, -0.05) is 55.7 Å². The summed E-state index contributed by atoms with van der Waals surface area (Å²) in [5.74, 6) is -0.484. The molecule has 33 heavy (non-hydrogen) atoms. The van der Waals surface area contributed by atoms with Crippen molar-refractivity contribution in [1.29, 1.82) is 5.26 Å². The molecule has 1 aliphatic rings. The number of hydrogen-bond acceptors (Lipinski definition) is 6. The molecular weight excluding hydrogens is 420 g/mol. The molecule has 0 atom stereocenters. The third-order valence-corrected chi connectivity index (χ3v) is 6.24. The first-order valence-electron chi connectivity index (χ1n) is 11.1. The van der Waals surface area contributed by atoms with Gasteiger partial charge in [0.2, 0.25) is 5.76 Å². The van der Waals surface area contributed by atoms with Gasteiger partial charge in [-0.05, 0) is 31.0 Å². The Balaban J connectivity index is 1.48. The number of ether oxygens (including phenoxy) is 2. The van der Waals surface area contributed by atoms with Crippen LogP contribution in [-0.4, -0.2) is 36.0 Å². The van der Waals surface area contributed by atoms with Gasteiger partial charge in [-0.3, -0.25) is 4.79 Å². The SMILES string of the molecule is CN(C(=O)COC(=O)c1oc2ccccc2c1COc1ccccc1)C1(C#N)CCCCC1. The maximum Gasteiger partial charge on any atom is 0.375 e. The number of para-hydroxylation sites is 2. The highest BCUT2D eigenvalue weighted by atomic mass is 16.5. The fourth-order valence-electron chi connectivity index (χ4n) is 4.27. The van der Waals surface area contributed by atoms with Crippen molar-refractivity contribution in [3.63, 3.8) is 0 Å². The molecule has 7 nitrogen and oxygen atoms in total. The summed E-state index contributed by atoms with van der Waals surface area (Å²) in [4.78, 5) is 27.1. The van der Waals surface area contributed by atoms with Gasteiger partial charge in [0.25, 0.3) is 5.91 Å². The molecule has 1 aliphatic carbocycles. The molecule has 1 amide bonds. The largest absolute Gasteiger partial charge is 0.489 e. The molecule has 3 aromatic rings. The first-order chi connectivity index (χ1) is 16.0. The fraction of sp³-hybridized carbons (Fsp3) is 0.346. The Morgan fingerprint density at radius 3 is 2.48 bits per heavy atom. The van der Waals surface area contributed by atoms with E-state index in [4.69, 9.17) is 13.9 Å². The Morgan fingerprint density at radius 1 is 1.06 bits per heavy atom. The second-order valence-corrected chi connectivity index (χ2v) is 8.24. The topological polar surface area (TPSA) is 92.8 Å². The van der Waals surface area contributed by atoms with E-state index < -0.39 is 24.0 Å². The molecule has 0 N–H and O–H groups in total. The first-order valence-corrected chi connectivity index (χ1v) is 11.1. The maximum absolute atomic E-state index is 12.9. The van der Waals surface area contributed by atoms with Crippen LogP contribution in [0.4, 0.5) is 0 Å². The van der Waals surface area contributed by atoms with Gasteiger partial charge < -0.3 is 18.8 Å². The molecule has 0 spiro atoms. The summed E-state index contributed by atoms with van der Waals surface area (Å²) >= 11 is 0. The average Bonchev–Trinajstić information content (AvgIpc) is 3.25. The van der Waals surface area contributed by atoms with Crippen molar-refractivity contribution < 1.29 is 23.5 Å². The summed E-state index contributed by atoms with van der Waals surface area (Å²) in [7, 11) is 1.60. The molecule has 1 fully saturated rings. The van der Waals surface area contributed by atoms with Crippen LogP contribution in [0.3, 0.4) is 0 Å². The van der Waals surface area contributed by atoms with Gasteiger partial charge in [-0.15, -0.1) is 0 Å². The van der Waals surface area contributed by atoms with Crippen molar-refractivity contribution in [1.82, 2.24) is 4.90 Å². The Bertz CT molecular complexity index is 1170. The second kappa shape index (κ2) is 9.78. The number of carbonyl (C=O) groups excluding carboxylic acids is 2. The standard InChI is InChI=1S/C26H26N2O5/c1-28(26(18-27)14-8-3-9-15-26)23(29)17-32-25(30)24-21(16-31-19-10-4-2-5-11-19)20-12-6-7-13-22(20)33-24/h2,4-7,10-13H,3,8-9,14-17H2,1H3. The monoisotopic (exact) mass is 446 g/mol. The number of amides is 1. The van der Waals surface area contributed by atoms with Crippen LogP contribution in [0.25, 0.3) is 11.0 Å². The number of likely N-dealkylation sites (N-methyl/N-ethyl adjacent to an activating group) is 1. The van der Waals surface area contributed by atoms with Crippen LogP contribution in [0.2, 0.25) is 0 Å². The summed E-state index contributed by atoms with van der Waals surface area (Å²) in [6.45, 7) is -0.356. The van der Waals surface area contributed by atoms with E-state index in [0.29, 0.717) is 29.7 Å². The van der Waals surface area contributed by atoms with Gasteiger partial charge in [0.15, 0.2) is 6.61 Å². The van der Waals surface area contributed by atoms with Crippen molar-refractivity contribution in [3.05, 3.63) is 65.9 Å². The zero-order valence-corrected chi connectivity index (χ0v) is 18.6. The number of furan rings is 1. The van der Waals surface area contributed by atoms with Crippen LogP contribution in [-0.2, 0) is 16.1 Å². The van der Waals surface area contributed by atoms with E-state index in [0.717, 1.165) is 24.6 Å². The molecule has 0 saturated heterocycles. The van der Waals surface area contributed by atoms with Crippen LogP contribution in [0.1, 0.15) is 48.2 Å². The highest BCUT2D eigenvalue weighted by molar-refractivity contribution is 5.97. The predicted octanol–water partition coefficient (Wildman–Crippen LogP) is 4.85. The van der Waals surface area contributed by atoms with E-state index in [1.54, 1.807) is 13.1 Å². The Hall–Kier alpha value is -3.79. The van der Waals surface area contributed by atoms with E-state index in [-0.39, 0.29) is 12.4 Å². The van der Waals surface area contributed by atoms with Crippen molar-refractivity contribution in [2.24, 2.45) is 0 Å². The molecule has 0 bridgehead atoms. The summed E-state index contributed by atoms with van der Waals surface area (Å²) < 4.78 is 16.9. The lowest BCUT2D eigenvalue weighted by molar-refractivity contribution is -0.138. The van der Waals surface area contributed by atoms with Crippen molar-refractivity contribution in [2.45, 2.75) is 44.2 Å². The van der Waals surface area contributed by atoms with Gasteiger partial charge >= 0.3 is 5.97 Å². The van der Waals surface area contributed by atoms with Crippen molar-refractivity contribution in [3.8, 4) is 11.8 Å². The molecule has 2 aromatic carbocycles. The third kappa shape index (κ3) is 4.70. The molecule has 0 radical (unpaired) electrons. The minimum absolute atomic E-state index is 0.00949. The predicted molar refractivity (Wildman–Crippen MR) is 121 cm³/mol. The number of hydrogen-bond donors (Lipinski definition) is 0. The number of rotatable bonds is 7. The van der Waals surface area contributed by atoms with E-state index in [1.807, 2.05) is 48.5 Å². The average molecular weight is 447 g/mol.